The molecule has 42 heavy (non-hydrogen) atoms. The summed E-state index contributed by atoms with van der Waals surface area (Å²) in [6.07, 6.45) is -2.84. The Balaban J connectivity index is 1.59. The fourth-order valence-electron chi connectivity index (χ4n) is 4.80. The summed E-state index contributed by atoms with van der Waals surface area (Å²) < 4.78 is 54.6. The summed E-state index contributed by atoms with van der Waals surface area (Å²) in [6, 6.07) is 18.0. The lowest BCUT2D eigenvalue weighted by atomic mass is 9.86. The van der Waals surface area contributed by atoms with Gasteiger partial charge in [0.2, 0.25) is 5.88 Å². The molecule has 0 saturated carbocycles. The van der Waals surface area contributed by atoms with Gasteiger partial charge in [-0.25, -0.2) is 9.97 Å². The van der Waals surface area contributed by atoms with E-state index >= 15 is 0 Å². The normalized spacial score (nSPS) is 12.5. The Morgan fingerprint density at radius 2 is 1.57 bits per heavy atom. The highest BCUT2D eigenvalue weighted by atomic mass is 32.1. The minimum atomic E-state index is -4.60. The van der Waals surface area contributed by atoms with Crippen LogP contribution in [0.4, 0.5) is 13.2 Å². The predicted molar refractivity (Wildman–Crippen MR) is 163 cm³/mol. The number of benzene rings is 2. The molecule has 2 aromatic carbocycles. The Hall–Kier alpha value is -3.43. The van der Waals surface area contributed by atoms with Crippen LogP contribution in [0, 0.1) is 5.41 Å². The zero-order valence-corrected chi connectivity index (χ0v) is 26.0. The van der Waals surface area contributed by atoms with Crippen LogP contribution in [0.15, 0.2) is 66.9 Å². The summed E-state index contributed by atoms with van der Waals surface area (Å²) in [6.45, 7) is 11.8. The number of para-hydroxylation sites is 1. The van der Waals surface area contributed by atoms with E-state index in [1.165, 1.54) is 0 Å². The van der Waals surface area contributed by atoms with Crippen LogP contribution in [0.3, 0.4) is 0 Å². The SMILES string of the molecule is CN(C)CC(C)(C)COc1ccc(-c2sc(Cc3cccnc3Oc3ccccc3C(C)(C)C)nc2C(F)(F)F)cc1. The maximum Gasteiger partial charge on any atom is 0.434 e. The first kappa shape index (κ1) is 31.5. The number of ether oxygens (including phenoxy) is 2. The van der Waals surface area contributed by atoms with Gasteiger partial charge in [-0.1, -0.05) is 58.9 Å². The van der Waals surface area contributed by atoms with Gasteiger partial charge in [0.15, 0.2) is 5.69 Å². The Morgan fingerprint density at radius 3 is 2.21 bits per heavy atom. The molecule has 0 unspecified atom stereocenters. The van der Waals surface area contributed by atoms with Crippen molar-refractivity contribution >= 4 is 11.3 Å². The van der Waals surface area contributed by atoms with Crippen LogP contribution < -0.4 is 9.47 Å². The molecule has 9 heteroatoms. The van der Waals surface area contributed by atoms with Crippen molar-refractivity contribution in [3.05, 3.63) is 88.7 Å². The molecule has 0 fully saturated rings. The largest absolute Gasteiger partial charge is 0.493 e. The van der Waals surface area contributed by atoms with Gasteiger partial charge in [-0.3, -0.25) is 0 Å². The first-order valence-corrected chi connectivity index (χ1v) is 14.6. The lowest BCUT2D eigenvalue weighted by Gasteiger charge is -2.28. The average Bonchev–Trinajstić information content (AvgIpc) is 3.33. The monoisotopic (exact) mass is 597 g/mol. The maximum atomic E-state index is 14.1. The van der Waals surface area contributed by atoms with E-state index in [4.69, 9.17) is 9.47 Å². The smallest absolute Gasteiger partial charge is 0.434 e. The van der Waals surface area contributed by atoms with E-state index < -0.39 is 11.9 Å². The summed E-state index contributed by atoms with van der Waals surface area (Å²) >= 11 is 1.03. The molecule has 2 heterocycles. The summed E-state index contributed by atoms with van der Waals surface area (Å²) in [5, 5.41) is 0.324. The van der Waals surface area contributed by atoms with Gasteiger partial charge in [-0.2, -0.15) is 13.2 Å². The Labute approximate surface area is 250 Å². The zero-order chi connectivity index (χ0) is 30.7. The van der Waals surface area contributed by atoms with Crippen molar-refractivity contribution in [1.29, 1.82) is 0 Å². The molecule has 0 radical (unpaired) electrons. The third kappa shape index (κ3) is 8.10. The number of hydrogen-bond acceptors (Lipinski definition) is 6. The number of thiazole rings is 1. The van der Waals surface area contributed by atoms with Crippen molar-refractivity contribution in [2.75, 3.05) is 27.2 Å². The molecular formula is C33H38F3N3O2S. The van der Waals surface area contributed by atoms with Gasteiger partial charge in [-0.05, 0) is 61.5 Å². The second kappa shape index (κ2) is 12.4. The molecule has 0 saturated heterocycles. The fourth-order valence-corrected chi connectivity index (χ4v) is 5.92. The highest BCUT2D eigenvalue weighted by Gasteiger charge is 2.38. The summed E-state index contributed by atoms with van der Waals surface area (Å²) in [5.41, 5.74) is 0.952. The van der Waals surface area contributed by atoms with E-state index in [9.17, 15) is 13.2 Å². The van der Waals surface area contributed by atoms with Crippen LogP contribution in [0.2, 0.25) is 0 Å². The number of pyridine rings is 1. The van der Waals surface area contributed by atoms with Crippen molar-refractivity contribution in [2.45, 2.75) is 52.6 Å². The average molecular weight is 598 g/mol. The molecule has 0 atom stereocenters. The van der Waals surface area contributed by atoms with Crippen molar-refractivity contribution in [3.8, 4) is 27.8 Å². The van der Waals surface area contributed by atoms with Crippen molar-refractivity contribution in [1.82, 2.24) is 14.9 Å². The van der Waals surface area contributed by atoms with Crippen molar-refractivity contribution in [2.24, 2.45) is 5.41 Å². The van der Waals surface area contributed by atoms with E-state index in [1.54, 1.807) is 42.6 Å². The van der Waals surface area contributed by atoms with Crippen molar-refractivity contribution in [3.63, 3.8) is 0 Å². The van der Waals surface area contributed by atoms with Crippen LogP contribution in [0.1, 0.15) is 56.4 Å². The number of nitrogens with zero attached hydrogens (tertiary/aromatic N) is 3. The number of aromatic nitrogens is 2. The Kier molecular flexibility index (Phi) is 9.33. The standard InChI is InChI=1S/C33H38F3N3O2S/c1-31(2,3)25-12-8-9-13-26(25)41-30-23(11-10-18-37-30)19-27-38-29(33(34,35)36)28(42-27)22-14-16-24(17-15-22)40-21-32(4,5)20-39(6)7/h8-18H,19-21H2,1-7H3. The molecule has 0 amide bonds. The molecule has 4 aromatic rings. The van der Waals surface area contributed by atoms with Crippen LogP contribution in [-0.2, 0) is 18.0 Å². The molecule has 5 nitrogen and oxygen atoms in total. The van der Waals surface area contributed by atoms with E-state index in [0.717, 1.165) is 23.4 Å². The molecule has 0 N–H and O–H groups in total. The molecule has 0 aliphatic carbocycles. The summed E-state index contributed by atoms with van der Waals surface area (Å²) in [7, 11) is 4.01. The molecule has 224 valence electrons. The highest BCUT2D eigenvalue weighted by Crippen LogP contribution is 2.42. The number of alkyl halides is 3. The van der Waals surface area contributed by atoms with Gasteiger partial charge in [0.1, 0.15) is 11.5 Å². The van der Waals surface area contributed by atoms with Gasteiger partial charge < -0.3 is 14.4 Å². The van der Waals surface area contributed by atoms with E-state index in [1.807, 2.05) is 38.4 Å². The van der Waals surface area contributed by atoms with Crippen LogP contribution >= 0.6 is 11.3 Å². The minimum absolute atomic E-state index is 0.0708. The van der Waals surface area contributed by atoms with Gasteiger partial charge in [0.25, 0.3) is 0 Å². The summed E-state index contributed by atoms with van der Waals surface area (Å²) in [5.74, 6) is 1.61. The molecule has 2 aromatic heterocycles. The molecule has 0 spiro atoms. The highest BCUT2D eigenvalue weighted by molar-refractivity contribution is 7.15. The van der Waals surface area contributed by atoms with Gasteiger partial charge in [0.05, 0.1) is 16.5 Å². The lowest BCUT2D eigenvalue weighted by Crippen LogP contribution is -2.33. The second-order valence-electron chi connectivity index (χ2n) is 12.5. The first-order valence-electron chi connectivity index (χ1n) is 13.8. The Bertz CT molecular complexity index is 1490. The van der Waals surface area contributed by atoms with Crippen LogP contribution in [0.5, 0.6) is 17.4 Å². The first-order chi connectivity index (χ1) is 19.6. The van der Waals surface area contributed by atoms with Gasteiger partial charge >= 0.3 is 6.18 Å². The Morgan fingerprint density at radius 1 is 0.881 bits per heavy atom. The van der Waals surface area contributed by atoms with E-state index in [0.29, 0.717) is 40.1 Å². The topological polar surface area (TPSA) is 47.5 Å². The van der Waals surface area contributed by atoms with E-state index in [2.05, 4.69) is 49.5 Å². The maximum absolute atomic E-state index is 14.1. The third-order valence-corrected chi connectivity index (χ3v) is 7.63. The quantitative estimate of drug-likeness (QED) is 0.183. The van der Waals surface area contributed by atoms with E-state index in [-0.39, 0.29) is 22.1 Å². The van der Waals surface area contributed by atoms with Crippen LogP contribution in [0.25, 0.3) is 10.4 Å². The second-order valence-corrected chi connectivity index (χ2v) is 13.6. The number of hydrogen-bond donors (Lipinski definition) is 0. The zero-order valence-electron chi connectivity index (χ0n) is 25.2. The van der Waals surface area contributed by atoms with Crippen molar-refractivity contribution < 1.29 is 22.6 Å². The predicted octanol–water partition coefficient (Wildman–Crippen LogP) is 8.87. The molecule has 0 aliphatic heterocycles. The molecule has 4 rings (SSSR count). The lowest BCUT2D eigenvalue weighted by molar-refractivity contribution is -0.140. The molecule has 0 bridgehead atoms. The van der Waals surface area contributed by atoms with Gasteiger partial charge in [0, 0.05) is 35.7 Å². The van der Waals surface area contributed by atoms with Gasteiger partial charge in [-0.15, -0.1) is 11.3 Å². The number of halogens is 3. The minimum Gasteiger partial charge on any atom is -0.493 e. The van der Waals surface area contributed by atoms with Crippen LogP contribution in [-0.4, -0.2) is 42.1 Å². The third-order valence-electron chi connectivity index (χ3n) is 6.52. The summed E-state index contributed by atoms with van der Waals surface area (Å²) in [4.78, 5) is 10.6. The molecule has 0 aliphatic rings. The molecular weight excluding hydrogens is 559 g/mol. The fraction of sp³-hybridized carbons (Fsp3) is 0.394. The number of rotatable bonds is 10.